The maximum atomic E-state index is 11.7. The number of carbonyl (C=O) groups excluding carboxylic acids is 1. The van der Waals surface area contributed by atoms with Gasteiger partial charge in [0, 0.05) is 0 Å². The molecule has 2 amide bonds. The lowest BCUT2D eigenvalue weighted by molar-refractivity contribution is -0.150. The Morgan fingerprint density at radius 2 is 2.00 bits per heavy atom. The van der Waals surface area contributed by atoms with Crippen molar-refractivity contribution in [3.63, 3.8) is 0 Å². The summed E-state index contributed by atoms with van der Waals surface area (Å²) in [6.07, 6.45) is 1.16. The molecule has 0 saturated heterocycles. The summed E-state index contributed by atoms with van der Waals surface area (Å²) in [5.41, 5.74) is -2.04. The molecule has 0 aliphatic rings. The van der Waals surface area contributed by atoms with Crippen LogP contribution in [0.15, 0.2) is 10.9 Å². The molecule has 1 aromatic rings. The van der Waals surface area contributed by atoms with Crippen molar-refractivity contribution in [3.8, 4) is 0 Å². The van der Waals surface area contributed by atoms with Crippen molar-refractivity contribution in [1.82, 2.24) is 20.8 Å². The van der Waals surface area contributed by atoms with Crippen LogP contribution in [-0.4, -0.2) is 32.8 Å². The van der Waals surface area contributed by atoms with Gasteiger partial charge in [-0.1, -0.05) is 5.16 Å². The molecule has 0 aliphatic carbocycles. The number of amides is 2. The van der Waals surface area contributed by atoms with E-state index in [4.69, 9.17) is 5.11 Å². The average molecular weight is 270 g/mol. The van der Waals surface area contributed by atoms with Crippen molar-refractivity contribution in [1.29, 1.82) is 0 Å². The second-order valence-corrected chi connectivity index (χ2v) is 5.21. The number of aromatic nitrogens is 2. The first-order valence-electron chi connectivity index (χ1n) is 5.71. The van der Waals surface area contributed by atoms with Crippen LogP contribution in [0.2, 0.25) is 0 Å². The number of nitrogens with zero attached hydrogens (tertiary/aromatic N) is 2. The molecule has 0 unspecified atom stereocenters. The molecule has 0 spiro atoms. The largest absolute Gasteiger partial charge is 0.481 e. The zero-order valence-electron chi connectivity index (χ0n) is 11.4. The van der Waals surface area contributed by atoms with Gasteiger partial charge < -0.3 is 20.3 Å². The van der Waals surface area contributed by atoms with Gasteiger partial charge in [0.2, 0.25) is 6.39 Å². The van der Waals surface area contributed by atoms with Crippen LogP contribution >= 0.6 is 0 Å². The van der Waals surface area contributed by atoms with Gasteiger partial charge in [0.25, 0.3) is 0 Å². The summed E-state index contributed by atoms with van der Waals surface area (Å²) in [5.74, 6) is -0.651. The van der Waals surface area contributed by atoms with Crippen molar-refractivity contribution >= 4 is 12.0 Å². The predicted molar refractivity (Wildman–Crippen MR) is 65.2 cm³/mol. The SMILES string of the molecule is CC(C)(NC(=O)NCc1ncon1)C(C)(C)C(=O)O. The van der Waals surface area contributed by atoms with Gasteiger partial charge in [0.1, 0.15) is 0 Å². The highest BCUT2D eigenvalue weighted by molar-refractivity contribution is 5.79. The molecule has 19 heavy (non-hydrogen) atoms. The quantitative estimate of drug-likeness (QED) is 0.727. The molecule has 0 radical (unpaired) electrons. The van der Waals surface area contributed by atoms with E-state index in [-0.39, 0.29) is 6.54 Å². The summed E-state index contributed by atoms with van der Waals surface area (Å²) < 4.78 is 4.52. The Morgan fingerprint density at radius 1 is 1.37 bits per heavy atom. The Kier molecular flexibility index (Phi) is 4.13. The van der Waals surface area contributed by atoms with E-state index in [1.54, 1.807) is 27.7 Å². The standard InChI is InChI=1S/C11H18N4O4/c1-10(2,8(16)17)11(3,4)14-9(18)12-5-7-13-6-19-15-7/h6H,5H2,1-4H3,(H,16,17)(H2,12,14,18). The third-order valence-corrected chi connectivity index (χ3v) is 3.34. The maximum absolute atomic E-state index is 11.7. The molecule has 1 rings (SSSR count). The number of carbonyl (C=O) groups is 2. The predicted octanol–water partition coefficient (Wildman–Crippen LogP) is 0.758. The minimum atomic E-state index is -1.11. The molecule has 0 atom stereocenters. The fraction of sp³-hybridized carbons (Fsp3) is 0.636. The first kappa shape index (κ1) is 14.9. The minimum absolute atomic E-state index is 0.103. The summed E-state index contributed by atoms with van der Waals surface area (Å²) in [7, 11) is 0. The Hall–Kier alpha value is -2.12. The topological polar surface area (TPSA) is 117 Å². The third kappa shape index (κ3) is 3.43. The van der Waals surface area contributed by atoms with Crippen LogP contribution in [0, 0.1) is 5.41 Å². The molecule has 1 aromatic heterocycles. The summed E-state index contributed by atoms with van der Waals surface area (Å²) in [6, 6.07) is -0.496. The summed E-state index contributed by atoms with van der Waals surface area (Å²) >= 11 is 0. The lowest BCUT2D eigenvalue weighted by Crippen LogP contribution is -2.58. The molecule has 0 saturated carbocycles. The third-order valence-electron chi connectivity index (χ3n) is 3.34. The summed E-state index contributed by atoms with van der Waals surface area (Å²) in [6.45, 7) is 6.50. The molecule has 8 nitrogen and oxygen atoms in total. The molecule has 3 N–H and O–H groups in total. The fourth-order valence-corrected chi connectivity index (χ4v) is 1.18. The van der Waals surface area contributed by atoms with Gasteiger partial charge >= 0.3 is 12.0 Å². The highest BCUT2D eigenvalue weighted by Crippen LogP contribution is 2.30. The second-order valence-electron chi connectivity index (χ2n) is 5.21. The normalized spacial score (nSPS) is 12.0. The van der Waals surface area contributed by atoms with E-state index >= 15 is 0 Å². The molecule has 0 fully saturated rings. The number of hydrogen-bond donors (Lipinski definition) is 3. The van der Waals surface area contributed by atoms with E-state index in [9.17, 15) is 9.59 Å². The Labute approximate surface area is 110 Å². The van der Waals surface area contributed by atoms with Crippen LogP contribution in [0.4, 0.5) is 4.79 Å². The molecular formula is C11H18N4O4. The zero-order valence-corrected chi connectivity index (χ0v) is 11.4. The van der Waals surface area contributed by atoms with Gasteiger partial charge in [-0.05, 0) is 27.7 Å². The zero-order chi connectivity index (χ0) is 14.7. The maximum Gasteiger partial charge on any atom is 0.315 e. The van der Waals surface area contributed by atoms with E-state index < -0.39 is 23.0 Å². The molecule has 106 valence electrons. The van der Waals surface area contributed by atoms with Gasteiger partial charge in [0.05, 0.1) is 17.5 Å². The summed E-state index contributed by atoms with van der Waals surface area (Å²) in [4.78, 5) is 26.7. The highest BCUT2D eigenvalue weighted by atomic mass is 16.5. The van der Waals surface area contributed by atoms with Crippen LogP contribution in [0.5, 0.6) is 0 Å². The number of urea groups is 1. The molecule has 0 aliphatic heterocycles. The number of hydrogen-bond acceptors (Lipinski definition) is 5. The number of nitrogens with one attached hydrogen (secondary N) is 2. The first-order valence-corrected chi connectivity index (χ1v) is 5.71. The average Bonchev–Trinajstić information content (AvgIpc) is 2.78. The number of rotatable bonds is 5. The van der Waals surface area contributed by atoms with Crippen LogP contribution in [-0.2, 0) is 11.3 Å². The number of aliphatic carboxylic acids is 1. The Bertz CT molecular complexity index is 453. The van der Waals surface area contributed by atoms with Crippen molar-refractivity contribution in [3.05, 3.63) is 12.2 Å². The van der Waals surface area contributed by atoms with Crippen molar-refractivity contribution < 1.29 is 19.2 Å². The van der Waals surface area contributed by atoms with E-state index in [0.717, 1.165) is 6.39 Å². The van der Waals surface area contributed by atoms with E-state index in [1.165, 1.54) is 0 Å². The molecule has 0 bridgehead atoms. The second kappa shape index (κ2) is 5.25. The lowest BCUT2D eigenvalue weighted by atomic mass is 9.74. The molecule has 0 aromatic carbocycles. The van der Waals surface area contributed by atoms with Crippen LogP contribution < -0.4 is 10.6 Å². The van der Waals surface area contributed by atoms with Gasteiger partial charge in [-0.2, -0.15) is 4.98 Å². The molecule has 1 heterocycles. The van der Waals surface area contributed by atoms with Crippen molar-refractivity contribution in [2.24, 2.45) is 5.41 Å². The summed E-state index contributed by atoms with van der Waals surface area (Å²) in [5, 5.41) is 17.9. The Morgan fingerprint density at radius 3 is 2.47 bits per heavy atom. The van der Waals surface area contributed by atoms with Gasteiger partial charge in [-0.25, -0.2) is 4.79 Å². The van der Waals surface area contributed by atoms with Gasteiger partial charge in [-0.3, -0.25) is 4.79 Å². The number of carboxylic acids is 1. The van der Waals surface area contributed by atoms with Crippen LogP contribution in [0.3, 0.4) is 0 Å². The Balaban J connectivity index is 2.58. The lowest BCUT2D eigenvalue weighted by Gasteiger charge is -2.38. The van der Waals surface area contributed by atoms with E-state index in [1.807, 2.05) is 0 Å². The molecule has 8 heteroatoms. The van der Waals surface area contributed by atoms with Crippen molar-refractivity contribution in [2.75, 3.05) is 0 Å². The van der Waals surface area contributed by atoms with Gasteiger partial charge in [0.15, 0.2) is 5.82 Å². The monoisotopic (exact) mass is 270 g/mol. The smallest absolute Gasteiger partial charge is 0.315 e. The van der Waals surface area contributed by atoms with Crippen LogP contribution in [0.1, 0.15) is 33.5 Å². The molecular weight excluding hydrogens is 252 g/mol. The number of carboxylic acid groups (broad SMARTS) is 1. The minimum Gasteiger partial charge on any atom is -0.481 e. The van der Waals surface area contributed by atoms with Gasteiger partial charge in [-0.15, -0.1) is 0 Å². The van der Waals surface area contributed by atoms with E-state index in [2.05, 4.69) is 25.3 Å². The fourth-order valence-electron chi connectivity index (χ4n) is 1.18. The highest BCUT2D eigenvalue weighted by Gasteiger charge is 2.44. The van der Waals surface area contributed by atoms with Crippen LogP contribution in [0.25, 0.3) is 0 Å². The van der Waals surface area contributed by atoms with Crippen molar-refractivity contribution in [2.45, 2.75) is 39.8 Å². The first-order chi connectivity index (χ1) is 8.67. The van der Waals surface area contributed by atoms with E-state index in [0.29, 0.717) is 5.82 Å².